The average Bonchev–Trinajstić information content (AvgIpc) is 1.76. The predicted octanol–water partition coefficient (Wildman–Crippen LogP) is 0.577. The van der Waals surface area contributed by atoms with Crippen molar-refractivity contribution in [2.24, 2.45) is 0 Å². The first-order valence-corrected chi connectivity index (χ1v) is 7.44. The molecule has 0 amide bonds. The van der Waals surface area contributed by atoms with Crippen molar-refractivity contribution in [2.75, 3.05) is 5.38 Å². The zero-order valence-corrected chi connectivity index (χ0v) is 6.16. The second-order valence-electron chi connectivity index (χ2n) is 0.618. The monoisotopic (exact) mass is 134 g/mol. The smallest absolute Gasteiger partial charge is 0.193 e. The molecule has 1 aliphatic heterocycles. The van der Waals surface area contributed by atoms with Gasteiger partial charge in [0.1, 0.15) is 8.67 Å². The number of hydrogen-bond acceptors (Lipinski definition) is 2. The van der Waals surface area contributed by atoms with Crippen molar-refractivity contribution in [2.45, 2.75) is 0 Å². The van der Waals surface area contributed by atoms with Gasteiger partial charge >= 0.3 is 0 Å². The Hall–Kier alpha value is 1.13. The summed E-state index contributed by atoms with van der Waals surface area (Å²) in [6, 6.07) is 0. The first kappa shape index (κ1) is 4.30. The predicted molar refractivity (Wildman–Crippen MR) is 31.6 cm³/mol. The van der Waals surface area contributed by atoms with Crippen LogP contribution in [0.2, 0.25) is 0 Å². The van der Waals surface area contributed by atoms with Gasteiger partial charge in [-0.3, -0.25) is 0 Å². The molecule has 26 valence electrons. The van der Waals surface area contributed by atoms with Crippen molar-refractivity contribution < 1.29 is 0 Å². The minimum Gasteiger partial charge on any atom is -0.200 e. The van der Waals surface area contributed by atoms with E-state index in [-0.39, 0.29) is 0 Å². The Balaban J connectivity index is 2.08. The van der Waals surface area contributed by atoms with Crippen LogP contribution in [0.3, 0.4) is 0 Å². The van der Waals surface area contributed by atoms with E-state index in [4.69, 9.17) is 0 Å². The van der Waals surface area contributed by atoms with Crippen LogP contribution in [0, 0.1) is 0 Å². The zero-order valence-electron chi connectivity index (χ0n) is 2.52. The molecule has 0 saturated carbocycles. The minimum absolute atomic E-state index is 1.15. The largest absolute Gasteiger partial charge is 0.200 e. The summed E-state index contributed by atoms with van der Waals surface area (Å²) in [6.45, 7) is 0. The molecule has 1 aliphatic rings. The van der Waals surface area contributed by atoms with Crippen molar-refractivity contribution in [1.82, 2.24) is 0 Å². The van der Waals surface area contributed by atoms with E-state index >= 15 is 0 Å². The lowest BCUT2D eigenvalue weighted by molar-refractivity contribution is 2.26. The molecule has 0 bridgehead atoms. The average molecular weight is 134 g/mol. The molecule has 0 atom stereocenters. The first-order valence-electron chi connectivity index (χ1n) is 1.25. The van der Waals surface area contributed by atoms with Gasteiger partial charge in [0, 0.05) is 0 Å². The highest BCUT2D eigenvalue weighted by molar-refractivity contribution is 8.64. The summed E-state index contributed by atoms with van der Waals surface area (Å²) < 4.78 is 0. The summed E-state index contributed by atoms with van der Waals surface area (Å²) in [4.78, 5) is 0. The highest BCUT2D eigenvalue weighted by Gasteiger charge is 2.00. The maximum atomic E-state index is 2.09. The third-order valence-electron chi connectivity index (χ3n) is 0.304. The van der Waals surface area contributed by atoms with E-state index in [1.54, 1.807) is 0 Å². The fourth-order valence-corrected chi connectivity index (χ4v) is 11.9. The summed E-state index contributed by atoms with van der Waals surface area (Å²) in [6.07, 6.45) is 0. The fraction of sp³-hybridized carbons (Fsp3) is 1.00. The summed E-state index contributed by atoms with van der Waals surface area (Å²) in [5.74, 6) is 0. The van der Waals surface area contributed by atoms with Crippen LogP contribution >= 0.6 is 21.9 Å². The number of hydrogen-bond donors (Lipinski definition) is 0. The second-order valence-corrected chi connectivity index (χ2v) is 8.90. The standard InChI is InChI=1S/CH2S2Si2/c1-2-5-3-4-1/h1H2. The zero-order chi connectivity index (χ0) is 3.54. The molecule has 0 aromatic rings. The van der Waals surface area contributed by atoms with Crippen molar-refractivity contribution in [1.29, 1.82) is 0 Å². The summed E-state index contributed by atoms with van der Waals surface area (Å²) in [7, 11) is 4.45. The summed E-state index contributed by atoms with van der Waals surface area (Å²) in [5.41, 5.74) is 0. The molecule has 1 saturated heterocycles. The van der Waals surface area contributed by atoms with Gasteiger partial charge in [0.05, 0.1) is 0 Å². The Bertz CT molecular complexity index is 19.2. The first-order chi connectivity index (χ1) is 2.50. The van der Waals surface area contributed by atoms with Crippen molar-refractivity contribution >= 4 is 38.4 Å². The Morgan fingerprint density at radius 1 is 1.60 bits per heavy atom. The van der Waals surface area contributed by atoms with E-state index in [1.165, 1.54) is 14.0 Å². The van der Waals surface area contributed by atoms with Gasteiger partial charge in [-0.2, -0.15) is 21.9 Å². The Labute approximate surface area is 44.1 Å². The molecule has 0 N–H and O–H groups in total. The van der Waals surface area contributed by atoms with Gasteiger partial charge in [-0.25, -0.2) is 0 Å². The highest BCUT2D eigenvalue weighted by atomic mass is 32.7. The van der Waals surface area contributed by atoms with Gasteiger partial charge in [0.2, 0.25) is 0 Å². The van der Waals surface area contributed by atoms with E-state index in [1.807, 2.05) is 0 Å². The molecule has 1 fully saturated rings. The van der Waals surface area contributed by atoms with Crippen molar-refractivity contribution in [3.05, 3.63) is 0 Å². The molecular formula is CH2S2Si2. The third kappa shape index (κ3) is 1.34. The van der Waals surface area contributed by atoms with Crippen molar-refractivity contribution in [3.8, 4) is 0 Å². The normalized spacial score (nSPS) is 24.0. The molecule has 5 heavy (non-hydrogen) atoms. The van der Waals surface area contributed by atoms with Gasteiger partial charge in [-0.15, -0.1) is 0 Å². The topological polar surface area (TPSA) is 0 Å². The fourth-order valence-electron chi connectivity index (χ4n) is 0.147. The van der Waals surface area contributed by atoms with Gasteiger partial charge < -0.3 is 0 Å². The molecule has 4 heteroatoms. The van der Waals surface area contributed by atoms with E-state index in [0.29, 0.717) is 0 Å². The van der Waals surface area contributed by atoms with Gasteiger partial charge in [-0.1, -0.05) is 0 Å². The molecule has 0 aliphatic carbocycles. The van der Waals surface area contributed by atoms with Gasteiger partial charge in [0.25, 0.3) is 0 Å². The third-order valence-corrected chi connectivity index (χ3v) is 10.5. The lowest BCUT2D eigenvalue weighted by atomic mass is 11.9. The quantitative estimate of drug-likeness (QED) is 0.445. The van der Waals surface area contributed by atoms with Crippen LogP contribution in [0.5, 0.6) is 0 Å². The summed E-state index contributed by atoms with van der Waals surface area (Å²) >= 11 is 2.08. The van der Waals surface area contributed by atoms with Crippen LogP contribution in [0.1, 0.15) is 0 Å². The minimum atomic E-state index is 1.15. The highest BCUT2D eigenvalue weighted by Crippen LogP contribution is 2.14. The lowest BCUT2D eigenvalue weighted by Crippen LogP contribution is -1.72. The second kappa shape index (κ2) is 2.33. The van der Waals surface area contributed by atoms with Crippen LogP contribution in [0.15, 0.2) is 0 Å². The van der Waals surface area contributed by atoms with Crippen LogP contribution < -0.4 is 0 Å². The number of rotatable bonds is 0. The SMILES string of the molecule is C1[Si]S[Si]S1. The van der Waals surface area contributed by atoms with Crippen LogP contribution in [0.4, 0.5) is 0 Å². The van der Waals surface area contributed by atoms with E-state index in [0.717, 1.165) is 7.82 Å². The van der Waals surface area contributed by atoms with E-state index in [9.17, 15) is 0 Å². The maximum absolute atomic E-state index is 2.09. The molecular weight excluding hydrogens is 132 g/mol. The maximum Gasteiger partial charge on any atom is 0.193 e. The molecule has 1 rings (SSSR count). The molecule has 0 spiro atoms. The Morgan fingerprint density at radius 2 is 2.60 bits per heavy atom. The van der Waals surface area contributed by atoms with Crippen LogP contribution in [0.25, 0.3) is 0 Å². The Morgan fingerprint density at radius 3 is 2.80 bits per heavy atom. The van der Waals surface area contributed by atoms with Crippen molar-refractivity contribution in [3.63, 3.8) is 0 Å². The molecule has 0 nitrogen and oxygen atoms in total. The van der Waals surface area contributed by atoms with E-state index in [2.05, 4.69) is 21.9 Å². The molecule has 0 aromatic heterocycles. The lowest BCUT2D eigenvalue weighted by Gasteiger charge is -1.65. The Kier molecular flexibility index (Phi) is 2.00. The molecule has 0 aromatic carbocycles. The molecule has 4 radical (unpaired) electrons. The molecule has 1 heterocycles. The van der Waals surface area contributed by atoms with Crippen LogP contribution in [-0.4, -0.2) is 21.9 Å². The molecule has 0 unspecified atom stereocenters. The van der Waals surface area contributed by atoms with Crippen LogP contribution in [-0.2, 0) is 0 Å². The van der Waals surface area contributed by atoms with Gasteiger partial charge in [0.15, 0.2) is 7.82 Å². The van der Waals surface area contributed by atoms with Gasteiger partial charge in [-0.05, 0) is 5.38 Å². The summed E-state index contributed by atoms with van der Waals surface area (Å²) in [5, 5.41) is 1.42. The van der Waals surface area contributed by atoms with E-state index < -0.39 is 0 Å².